The molecule has 4 rings (SSSR count). The number of hydrogen-bond donors (Lipinski definition) is 1. The quantitative estimate of drug-likeness (QED) is 0.565. The number of urea groups is 1. The minimum Gasteiger partial charge on any atom is -0.333 e. The summed E-state index contributed by atoms with van der Waals surface area (Å²) < 4.78 is 0. The zero-order valence-corrected chi connectivity index (χ0v) is 22.7. The number of benzene rings is 2. The first-order valence-electron chi connectivity index (χ1n) is 13.1. The maximum atomic E-state index is 13.4. The van der Waals surface area contributed by atoms with Gasteiger partial charge in [-0.15, -0.1) is 13.2 Å². The number of amides is 4. The van der Waals surface area contributed by atoms with Crippen LogP contribution in [0.25, 0.3) is 0 Å². The summed E-state index contributed by atoms with van der Waals surface area (Å²) in [5.74, 6) is -0.284. The monoisotopic (exact) mass is 517 g/mol. The molecule has 8 nitrogen and oxygen atoms in total. The number of carbonyl (C=O) groups is 3. The molecule has 2 aromatic rings. The standard InChI is InChI=1S/C27H33N5O3.C3H6/c1-4-15-30-19-25(33)31-20(3)26(34)29(17-23-13-11-21(5-2)12-14-23)18-24(31)32(30)27(35)28-16-22-9-7-6-8-10-22;1-3-2/h4,6-14,20,24H,1,5,15-19H2,2-3H3,(H,28,35);3H,1H2,2H3/t20-,24?;/m0./s1. The second kappa shape index (κ2) is 13.6. The number of piperazine rings is 1. The minimum absolute atomic E-state index is 0.0113. The third kappa shape index (κ3) is 6.69. The first-order chi connectivity index (χ1) is 18.3. The Kier molecular flexibility index (Phi) is 10.2. The van der Waals surface area contributed by atoms with Gasteiger partial charge in [-0.1, -0.05) is 73.7 Å². The smallest absolute Gasteiger partial charge is 0.333 e. The Morgan fingerprint density at radius 2 is 1.66 bits per heavy atom. The van der Waals surface area contributed by atoms with Crippen molar-refractivity contribution >= 4 is 17.8 Å². The molecule has 8 heteroatoms. The van der Waals surface area contributed by atoms with Crippen molar-refractivity contribution < 1.29 is 14.4 Å². The van der Waals surface area contributed by atoms with E-state index in [1.807, 2.05) is 49.4 Å². The average Bonchev–Trinajstić information content (AvgIpc) is 2.91. The molecule has 0 bridgehead atoms. The Labute approximate surface area is 226 Å². The Hall–Kier alpha value is -3.91. The summed E-state index contributed by atoms with van der Waals surface area (Å²) >= 11 is 0. The molecule has 0 saturated carbocycles. The van der Waals surface area contributed by atoms with E-state index < -0.39 is 12.2 Å². The number of hydrazine groups is 1. The van der Waals surface area contributed by atoms with Gasteiger partial charge in [0.05, 0.1) is 13.1 Å². The fourth-order valence-electron chi connectivity index (χ4n) is 4.76. The number of hydrogen-bond acceptors (Lipinski definition) is 4. The first-order valence-corrected chi connectivity index (χ1v) is 13.1. The Morgan fingerprint density at radius 3 is 2.26 bits per heavy atom. The molecular formula is C30H39N5O3. The van der Waals surface area contributed by atoms with Crippen LogP contribution in [0, 0.1) is 0 Å². The van der Waals surface area contributed by atoms with Crippen LogP contribution in [0.1, 0.15) is 37.5 Å². The largest absolute Gasteiger partial charge is 0.334 e. The van der Waals surface area contributed by atoms with Gasteiger partial charge in [-0.3, -0.25) is 9.59 Å². The predicted molar refractivity (Wildman–Crippen MR) is 149 cm³/mol. The van der Waals surface area contributed by atoms with Gasteiger partial charge in [0.25, 0.3) is 0 Å². The third-order valence-corrected chi connectivity index (χ3v) is 6.62. The van der Waals surface area contributed by atoms with E-state index in [2.05, 4.69) is 37.5 Å². The highest BCUT2D eigenvalue weighted by Crippen LogP contribution is 2.27. The van der Waals surface area contributed by atoms with Gasteiger partial charge in [-0.25, -0.2) is 14.8 Å². The molecule has 2 heterocycles. The van der Waals surface area contributed by atoms with E-state index in [0.717, 1.165) is 17.5 Å². The van der Waals surface area contributed by atoms with E-state index in [9.17, 15) is 14.4 Å². The fraction of sp³-hybridized carbons (Fsp3) is 0.367. The maximum Gasteiger partial charge on any atom is 0.334 e. The lowest BCUT2D eigenvalue weighted by Gasteiger charge is -2.54. The van der Waals surface area contributed by atoms with E-state index in [4.69, 9.17) is 0 Å². The van der Waals surface area contributed by atoms with Crippen LogP contribution in [0.4, 0.5) is 4.79 Å². The van der Waals surface area contributed by atoms with Gasteiger partial charge in [-0.2, -0.15) is 0 Å². The van der Waals surface area contributed by atoms with Gasteiger partial charge >= 0.3 is 6.03 Å². The van der Waals surface area contributed by atoms with Crippen molar-refractivity contribution in [1.82, 2.24) is 25.1 Å². The normalized spacial score (nSPS) is 19.3. The lowest BCUT2D eigenvalue weighted by Crippen LogP contribution is -2.75. The third-order valence-electron chi connectivity index (χ3n) is 6.62. The SMILES string of the molecule is C=CC.C=CCN1CC(=O)N2C(CN(Cc3ccc(CC)cc3)C(=O)[C@@H]2C)N1C(=O)NCc1ccccc1. The molecule has 38 heavy (non-hydrogen) atoms. The Bertz CT molecular complexity index is 1120. The first kappa shape index (κ1) is 28.7. The van der Waals surface area contributed by atoms with Crippen LogP contribution in [0.3, 0.4) is 0 Å². The number of fused-ring (bicyclic) bond motifs is 1. The lowest BCUT2D eigenvalue weighted by atomic mass is 10.1. The van der Waals surface area contributed by atoms with Crippen molar-refractivity contribution in [3.8, 4) is 0 Å². The number of allylic oxidation sites excluding steroid dienone is 1. The molecule has 1 N–H and O–H groups in total. The molecule has 4 amide bonds. The molecule has 202 valence electrons. The molecule has 1 unspecified atom stereocenters. The topological polar surface area (TPSA) is 76.2 Å². The minimum atomic E-state index is -0.661. The molecule has 0 aromatic heterocycles. The summed E-state index contributed by atoms with van der Waals surface area (Å²) in [6.07, 6.45) is 3.77. The van der Waals surface area contributed by atoms with Crippen molar-refractivity contribution in [2.24, 2.45) is 0 Å². The van der Waals surface area contributed by atoms with Gasteiger partial charge in [0.1, 0.15) is 12.2 Å². The van der Waals surface area contributed by atoms with Crippen molar-refractivity contribution in [2.45, 2.75) is 52.5 Å². The Balaban J connectivity index is 0.00000127. The maximum absolute atomic E-state index is 13.4. The molecule has 2 aliphatic rings. The number of carbonyl (C=O) groups excluding carboxylic acids is 3. The Morgan fingerprint density at radius 1 is 1.03 bits per heavy atom. The van der Waals surface area contributed by atoms with Gasteiger partial charge < -0.3 is 15.1 Å². The van der Waals surface area contributed by atoms with Crippen molar-refractivity contribution in [3.05, 3.63) is 96.6 Å². The summed E-state index contributed by atoms with van der Waals surface area (Å²) in [5.41, 5.74) is 3.23. The van der Waals surface area contributed by atoms with Gasteiger partial charge in [0, 0.05) is 19.6 Å². The molecule has 2 fully saturated rings. The highest BCUT2D eigenvalue weighted by Gasteiger charge is 2.49. The van der Waals surface area contributed by atoms with Crippen LogP contribution in [-0.2, 0) is 29.1 Å². The second-order valence-electron chi connectivity index (χ2n) is 9.38. The van der Waals surface area contributed by atoms with Crippen LogP contribution in [0.5, 0.6) is 0 Å². The van der Waals surface area contributed by atoms with E-state index in [-0.39, 0.29) is 30.9 Å². The molecule has 2 saturated heterocycles. The lowest BCUT2D eigenvalue weighted by molar-refractivity contribution is -0.188. The number of aryl methyl sites for hydroxylation is 1. The number of rotatable bonds is 7. The number of nitrogens with one attached hydrogen (secondary N) is 1. The predicted octanol–water partition coefficient (Wildman–Crippen LogP) is 3.96. The summed E-state index contributed by atoms with van der Waals surface area (Å²) in [6, 6.07) is 16.9. The molecule has 0 spiro atoms. The summed E-state index contributed by atoms with van der Waals surface area (Å²) in [7, 11) is 0. The van der Waals surface area contributed by atoms with Gasteiger partial charge in [-0.05, 0) is 37.0 Å². The average molecular weight is 518 g/mol. The summed E-state index contributed by atoms with van der Waals surface area (Å²) in [5, 5.41) is 6.27. The van der Waals surface area contributed by atoms with Crippen molar-refractivity contribution in [1.29, 1.82) is 0 Å². The fourth-order valence-corrected chi connectivity index (χ4v) is 4.76. The zero-order chi connectivity index (χ0) is 27.7. The molecular weight excluding hydrogens is 478 g/mol. The van der Waals surface area contributed by atoms with E-state index in [1.54, 1.807) is 38.9 Å². The van der Waals surface area contributed by atoms with E-state index in [0.29, 0.717) is 19.6 Å². The molecule has 0 aliphatic carbocycles. The van der Waals surface area contributed by atoms with Crippen molar-refractivity contribution in [3.63, 3.8) is 0 Å². The molecule has 2 atom stereocenters. The van der Waals surface area contributed by atoms with E-state index in [1.165, 1.54) is 5.56 Å². The van der Waals surface area contributed by atoms with Crippen molar-refractivity contribution in [2.75, 3.05) is 19.6 Å². The van der Waals surface area contributed by atoms with Crippen LogP contribution in [0.15, 0.2) is 79.9 Å². The van der Waals surface area contributed by atoms with Crippen LogP contribution >= 0.6 is 0 Å². The van der Waals surface area contributed by atoms with Crippen LogP contribution in [-0.4, -0.2) is 69.5 Å². The molecule has 2 aliphatic heterocycles. The van der Waals surface area contributed by atoms with Gasteiger partial charge in [0.15, 0.2) is 0 Å². The van der Waals surface area contributed by atoms with Crippen LogP contribution in [0.2, 0.25) is 0 Å². The summed E-state index contributed by atoms with van der Waals surface area (Å²) in [4.78, 5) is 43.0. The second-order valence-corrected chi connectivity index (χ2v) is 9.38. The zero-order valence-electron chi connectivity index (χ0n) is 22.7. The van der Waals surface area contributed by atoms with Gasteiger partial charge in [0.2, 0.25) is 11.8 Å². The van der Waals surface area contributed by atoms with E-state index >= 15 is 0 Å². The highest BCUT2D eigenvalue weighted by atomic mass is 16.2. The summed E-state index contributed by atoms with van der Waals surface area (Å²) in [6.45, 7) is 14.3. The van der Waals surface area contributed by atoms with Crippen LogP contribution < -0.4 is 5.32 Å². The number of nitrogens with zero attached hydrogens (tertiary/aromatic N) is 4. The molecule has 0 radical (unpaired) electrons. The highest BCUT2D eigenvalue weighted by molar-refractivity contribution is 5.91. The molecule has 2 aromatic carbocycles.